The van der Waals surface area contributed by atoms with E-state index in [0.717, 1.165) is 33.7 Å². The molecule has 0 saturated heterocycles. The number of rotatable bonds is 5. The Morgan fingerprint density at radius 2 is 1.83 bits per heavy atom. The molecule has 0 bridgehead atoms. The van der Waals surface area contributed by atoms with Gasteiger partial charge < -0.3 is 14.4 Å². The van der Waals surface area contributed by atoms with E-state index in [-0.39, 0.29) is 12.1 Å². The Balaban J connectivity index is 1.67. The summed E-state index contributed by atoms with van der Waals surface area (Å²) in [7, 11) is 1.60. The summed E-state index contributed by atoms with van der Waals surface area (Å²) in [6.45, 7) is 4.22. The average Bonchev–Trinajstić information content (AvgIpc) is 3.17. The molecule has 0 aliphatic carbocycles. The summed E-state index contributed by atoms with van der Waals surface area (Å²) >= 11 is 0. The van der Waals surface area contributed by atoms with Crippen LogP contribution in [0.3, 0.4) is 0 Å². The second kappa shape index (κ2) is 7.56. The number of aliphatic hydroxyl groups excluding tert-OH is 1. The third-order valence-corrected chi connectivity index (χ3v) is 5.14. The first-order chi connectivity index (χ1) is 14.0. The van der Waals surface area contributed by atoms with Crippen LogP contribution < -0.4 is 10.3 Å². The molecule has 0 aliphatic rings. The molecule has 1 atom stereocenters. The average molecular weight is 389 g/mol. The second-order valence-corrected chi connectivity index (χ2v) is 7.22. The second-order valence-electron chi connectivity index (χ2n) is 7.22. The summed E-state index contributed by atoms with van der Waals surface area (Å²) in [5.41, 5.74) is 5.03. The van der Waals surface area contributed by atoms with Crippen LogP contribution in [0.1, 0.15) is 22.8 Å². The van der Waals surface area contributed by atoms with E-state index in [9.17, 15) is 9.90 Å². The van der Waals surface area contributed by atoms with Crippen molar-refractivity contribution in [3.63, 3.8) is 0 Å². The van der Waals surface area contributed by atoms with Gasteiger partial charge in [0.25, 0.3) is 5.56 Å². The zero-order valence-electron chi connectivity index (χ0n) is 16.7. The van der Waals surface area contributed by atoms with Crippen molar-refractivity contribution in [1.29, 1.82) is 0 Å². The molecule has 4 aromatic rings. The molecule has 2 aromatic carbocycles. The van der Waals surface area contributed by atoms with E-state index < -0.39 is 6.10 Å². The number of nitrogens with zero attached hydrogens (tertiary/aromatic N) is 3. The van der Waals surface area contributed by atoms with Crippen molar-refractivity contribution in [2.45, 2.75) is 26.5 Å². The van der Waals surface area contributed by atoms with E-state index >= 15 is 0 Å². The first kappa shape index (κ1) is 19.0. The van der Waals surface area contributed by atoms with Gasteiger partial charge in [0.15, 0.2) is 0 Å². The smallest absolute Gasteiger partial charge is 0.276 e. The molecule has 4 rings (SSSR count). The van der Waals surface area contributed by atoms with Crippen LogP contribution in [0.5, 0.6) is 5.75 Å². The number of aliphatic hydroxyl groups is 1. The third-order valence-electron chi connectivity index (χ3n) is 5.14. The lowest BCUT2D eigenvalue weighted by Crippen LogP contribution is -2.24. The van der Waals surface area contributed by atoms with Gasteiger partial charge in [-0.1, -0.05) is 29.8 Å². The molecule has 6 heteroatoms. The van der Waals surface area contributed by atoms with E-state index in [1.54, 1.807) is 54.4 Å². The lowest BCUT2D eigenvalue weighted by molar-refractivity contribution is 0.155. The molecule has 0 aliphatic heterocycles. The van der Waals surface area contributed by atoms with E-state index in [1.807, 2.05) is 13.8 Å². The van der Waals surface area contributed by atoms with Crippen LogP contribution in [0.15, 0.2) is 65.7 Å². The molecule has 0 fully saturated rings. The number of ether oxygens (including phenoxy) is 1. The highest BCUT2D eigenvalue weighted by Gasteiger charge is 2.14. The highest BCUT2D eigenvalue weighted by molar-refractivity contribution is 5.69. The zero-order chi connectivity index (χ0) is 20.5. The monoisotopic (exact) mass is 389 g/mol. The molecule has 6 nitrogen and oxygen atoms in total. The molecular formula is C23H23N3O3. The number of fused-ring (bicyclic) bond motifs is 1. The van der Waals surface area contributed by atoms with Gasteiger partial charge in [0.1, 0.15) is 11.3 Å². The van der Waals surface area contributed by atoms with Crippen molar-refractivity contribution >= 4 is 5.52 Å². The highest BCUT2D eigenvalue weighted by Crippen LogP contribution is 2.24. The van der Waals surface area contributed by atoms with Crippen LogP contribution in [0.2, 0.25) is 0 Å². The van der Waals surface area contributed by atoms with Crippen LogP contribution in [-0.4, -0.2) is 26.4 Å². The van der Waals surface area contributed by atoms with Crippen molar-refractivity contribution in [3.05, 3.63) is 88.0 Å². The SMILES string of the molecule is COc1ccc([C@@H](O)Cn2ccn3nc(-c4cc(C)ccc4C)cc3c2=O)cc1. The van der Waals surface area contributed by atoms with Crippen molar-refractivity contribution in [3.8, 4) is 17.0 Å². The van der Waals surface area contributed by atoms with E-state index in [1.165, 1.54) is 4.57 Å². The van der Waals surface area contributed by atoms with E-state index in [4.69, 9.17) is 4.74 Å². The van der Waals surface area contributed by atoms with Gasteiger partial charge >= 0.3 is 0 Å². The molecule has 1 N–H and O–H groups in total. The molecule has 0 amide bonds. The standard InChI is InChI=1S/C23H23N3O3/c1-15-4-5-16(2)19(12-15)20-13-21-23(28)25(10-11-26(21)24-20)14-22(27)17-6-8-18(29-3)9-7-17/h4-13,22,27H,14H2,1-3H3/t22-/m0/s1. The third kappa shape index (κ3) is 3.67. The largest absolute Gasteiger partial charge is 0.497 e. The summed E-state index contributed by atoms with van der Waals surface area (Å²) in [4.78, 5) is 13.0. The Morgan fingerprint density at radius 3 is 2.55 bits per heavy atom. The molecular weight excluding hydrogens is 366 g/mol. The fourth-order valence-corrected chi connectivity index (χ4v) is 3.43. The fourth-order valence-electron chi connectivity index (χ4n) is 3.43. The van der Waals surface area contributed by atoms with Gasteiger partial charge in [0, 0.05) is 18.0 Å². The van der Waals surface area contributed by atoms with Crippen molar-refractivity contribution < 1.29 is 9.84 Å². The lowest BCUT2D eigenvalue weighted by atomic mass is 10.0. The quantitative estimate of drug-likeness (QED) is 0.567. The Kier molecular flexibility index (Phi) is 4.94. The van der Waals surface area contributed by atoms with Gasteiger partial charge in [-0.25, -0.2) is 4.52 Å². The molecule has 2 aromatic heterocycles. The first-order valence-corrected chi connectivity index (χ1v) is 9.45. The fraction of sp³-hybridized carbons (Fsp3) is 0.217. The Hall–Kier alpha value is -3.38. The number of aromatic nitrogens is 3. The summed E-state index contributed by atoms with van der Waals surface area (Å²) in [6, 6.07) is 15.2. The van der Waals surface area contributed by atoms with Gasteiger partial charge in [0.2, 0.25) is 0 Å². The van der Waals surface area contributed by atoms with Crippen molar-refractivity contribution in [1.82, 2.24) is 14.2 Å². The number of aryl methyl sites for hydroxylation is 2. The van der Waals surface area contributed by atoms with Crippen LogP contribution in [0.4, 0.5) is 0 Å². The maximum atomic E-state index is 13.0. The Labute approximate surface area is 168 Å². The minimum atomic E-state index is -0.803. The summed E-state index contributed by atoms with van der Waals surface area (Å²) in [5, 5.41) is 15.1. The predicted molar refractivity (Wildman–Crippen MR) is 112 cm³/mol. The zero-order valence-corrected chi connectivity index (χ0v) is 16.7. The normalized spacial score (nSPS) is 12.3. The van der Waals surface area contributed by atoms with Crippen molar-refractivity contribution in [2.24, 2.45) is 0 Å². The predicted octanol–water partition coefficient (Wildman–Crippen LogP) is 3.52. The molecule has 0 spiro atoms. The molecule has 2 heterocycles. The minimum absolute atomic E-state index is 0.158. The van der Waals surface area contributed by atoms with Gasteiger partial charge in [-0.2, -0.15) is 5.10 Å². The first-order valence-electron chi connectivity index (χ1n) is 9.45. The van der Waals surface area contributed by atoms with Gasteiger partial charge in [-0.3, -0.25) is 4.79 Å². The van der Waals surface area contributed by atoms with Crippen molar-refractivity contribution in [2.75, 3.05) is 7.11 Å². The van der Waals surface area contributed by atoms with E-state index in [2.05, 4.69) is 23.3 Å². The summed E-state index contributed by atoms with van der Waals surface area (Å²) < 4.78 is 8.25. The van der Waals surface area contributed by atoms with Crippen LogP contribution >= 0.6 is 0 Å². The number of benzene rings is 2. The van der Waals surface area contributed by atoms with Crippen LogP contribution in [0.25, 0.3) is 16.8 Å². The molecule has 0 unspecified atom stereocenters. The Morgan fingerprint density at radius 1 is 1.07 bits per heavy atom. The summed E-state index contributed by atoms with van der Waals surface area (Å²) in [5.74, 6) is 0.720. The maximum absolute atomic E-state index is 13.0. The molecule has 0 radical (unpaired) electrons. The molecule has 29 heavy (non-hydrogen) atoms. The number of hydrogen-bond donors (Lipinski definition) is 1. The number of methoxy groups -OCH3 is 1. The molecule has 148 valence electrons. The topological polar surface area (TPSA) is 68.8 Å². The van der Waals surface area contributed by atoms with E-state index in [0.29, 0.717) is 5.52 Å². The molecule has 0 saturated carbocycles. The lowest BCUT2D eigenvalue weighted by Gasteiger charge is -2.13. The summed E-state index contributed by atoms with van der Waals surface area (Å²) in [6.07, 6.45) is 2.59. The van der Waals surface area contributed by atoms with Gasteiger partial charge in [0.05, 0.1) is 25.5 Å². The van der Waals surface area contributed by atoms with Crippen LogP contribution in [0, 0.1) is 13.8 Å². The van der Waals surface area contributed by atoms with Crippen LogP contribution in [-0.2, 0) is 6.54 Å². The Bertz CT molecular complexity index is 1220. The minimum Gasteiger partial charge on any atom is -0.497 e. The number of hydrogen-bond acceptors (Lipinski definition) is 4. The van der Waals surface area contributed by atoms with Gasteiger partial charge in [-0.15, -0.1) is 0 Å². The highest BCUT2D eigenvalue weighted by atomic mass is 16.5. The maximum Gasteiger partial charge on any atom is 0.276 e. The van der Waals surface area contributed by atoms with Gasteiger partial charge in [-0.05, 0) is 49.2 Å².